The van der Waals surface area contributed by atoms with Crippen LogP contribution in [0.25, 0.3) is 0 Å². The molecule has 162 valence electrons. The molecule has 3 rings (SSSR count). The first-order valence-electron chi connectivity index (χ1n) is 10.9. The predicted octanol–water partition coefficient (Wildman–Crippen LogP) is 3.87. The number of carbonyl (C=O) groups excluding carboxylic acids is 1. The number of aliphatic hydroxyl groups is 1. The summed E-state index contributed by atoms with van der Waals surface area (Å²) in [6.45, 7) is 6.66. The monoisotopic (exact) mass is 411 g/mol. The molecule has 0 amide bonds. The maximum Gasteiger partial charge on any atom is 0.163 e. The summed E-state index contributed by atoms with van der Waals surface area (Å²) in [5.74, 6) is 0.473. The summed E-state index contributed by atoms with van der Waals surface area (Å²) in [6.07, 6.45) is 2.73. The zero-order chi connectivity index (χ0) is 21.3. The van der Waals surface area contributed by atoms with Crippen LogP contribution in [0.1, 0.15) is 48.2 Å². The Hall–Kier alpha value is -2.21. The molecule has 2 atom stereocenters. The van der Waals surface area contributed by atoms with Crippen LogP contribution in [0, 0.1) is 0 Å². The second-order valence-electron chi connectivity index (χ2n) is 8.02. The summed E-state index contributed by atoms with van der Waals surface area (Å²) in [4.78, 5) is 14.0. The van der Waals surface area contributed by atoms with Gasteiger partial charge in [0, 0.05) is 26.2 Å². The maximum atomic E-state index is 11.8. The highest BCUT2D eigenvalue weighted by Gasteiger charge is 2.22. The van der Waals surface area contributed by atoms with Crippen molar-refractivity contribution in [3.63, 3.8) is 0 Å². The SMILES string of the molecule is CCc1ccc(CN(CC(O)COc2ccccc2C(C)=O)CC2CCCO2)cc1. The number of Topliss-reactive ketones (excluding diaryl/α,β-unsaturated/α-hetero) is 1. The van der Waals surface area contributed by atoms with Gasteiger partial charge in [0.15, 0.2) is 5.78 Å². The third kappa shape index (κ3) is 6.66. The average Bonchev–Trinajstić information content (AvgIpc) is 3.26. The summed E-state index contributed by atoms with van der Waals surface area (Å²) in [5, 5.41) is 10.7. The third-order valence-corrected chi connectivity index (χ3v) is 5.49. The van der Waals surface area contributed by atoms with Gasteiger partial charge in [-0.3, -0.25) is 9.69 Å². The topological polar surface area (TPSA) is 59.0 Å². The van der Waals surface area contributed by atoms with Crippen LogP contribution in [0.4, 0.5) is 0 Å². The Bertz CT molecular complexity index is 799. The van der Waals surface area contributed by atoms with E-state index in [0.29, 0.717) is 17.9 Å². The Labute approximate surface area is 179 Å². The van der Waals surface area contributed by atoms with E-state index in [1.165, 1.54) is 18.1 Å². The standard InChI is InChI=1S/C25H33NO4/c1-3-20-10-12-21(13-11-20)15-26(17-23-7-6-14-29-23)16-22(28)18-30-25-9-5-4-8-24(25)19(2)27/h4-5,8-13,22-23,28H,3,6-7,14-18H2,1-2H3. The van der Waals surface area contributed by atoms with Crippen molar-refractivity contribution < 1.29 is 19.4 Å². The third-order valence-electron chi connectivity index (χ3n) is 5.49. The number of benzene rings is 2. The summed E-state index contributed by atoms with van der Waals surface area (Å²) < 4.78 is 11.6. The molecule has 30 heavy (non-hydrogen) atoms. The average molecular weight is 412 g/mol. The Morgan fingerprint density at radius 2 is 1.93 bits per heavy atom. The van der Waals surface area contributed by atoms with Crippen molar-refractivity contribution >= 4 is 5.78 Å². The fraction of sp³-hybridized carbons (Fsp3) is 0.480. The van der Waals surface area contributed by atoms with Gasteiger partial charge in [0.1, 0.15) is 18.5 Å². The lowest BCUT2D eigenvalue weighted by atomic mass is 10.1. The summed E-state index contributed by atoms with van der Waals surface area (Å²) in [7, 11) is 0. The summed E-state index contributed by atoms with van der Waals surface area (Å²) in [5.41, 5.74) is 3.08. The highest BCUT2D eigenvalue weighted by atomic mass is 16.5. The lowest BCUT2D eigenvalue weighted by Crippen LogP contribution is -2.39. The van der Waals surface area contributed by atoms with Gasteiger partial charge >= 0.3 is 0 Å². The number of aryl methyl sites for hydroxylation is 1. The van der Waals surface area contributed by atoms with Crippen LogP contribution in [-0.4, -0.2) is 54.3 Å². The first kappa shape index (κ1) is 22.5. The van der Waals surface area contributed by atoms with Gasteiger partial charge in [-0.15, -0.1) is 0 Å². The number of rotatable bonds is 11. The lowest BCUT2D eigenvalue weighted by Gasteiger charge is -2.27. The molecule has 0 aromatic heterocycles. The molecule has 0 bridgehead atoms. The molecule has 5 nitrogen and oxygen atoms in total. The van der Waals surface area contributed by atoms with E-state index in [1.807, 2.05) is 12.1 Å². The Balaban J connectivity index is 1.60. The van der Waals surface area contributed by atoms with E-state index in [-0.39, 0.29) is 18.5 Å². The minimum atomic E-state index is -0.665. The molecule has 0 radical (unpaired) electrons. The maximum absolute atomic E-state index is 11.8. The number of ketones is 1. The molecule has 1 aliphatic rings. The first-order chi connectivity index (χ1) is 14.5. The van der Waals surface area contributed by atoms with Gasteiger partial charge < -0.3 is 14.6 Å². The van der Waals surface area contributed by atoms with Crippen molar-refractivity contribution in [2.24, 2.45) is 0 Å². The van der Waals surface area contributed by atoms with E-state index in [0.717, 1.165) is 39.0 Å². The molecular formula is C25H33NO4. The van der Waals surface area contributed by atoms with Crippen molar-refractivity contribution in [3.05, 3.63) is 65.2 Å². The number of ether oxygens (including phenoxy) is 2. The number of hydrogen-bond donors (Lipinski definition) is 1. The zero-order valence-electron chi connectivity index (χ0n) is 18.0. The van der Waals surface area contributed by atoms with Gasteiger partial charge in [0.25, 0.3) is 0 Å². The van der Waals surface area contributed by atoms with Crippen LogP contribution in [0.15, 0.2) is 48.5 Å². The van der Waals surface area contributed by atoms with Gasteiger partial charge in [-0.1, -0.05) is 43.3 Å². The molecule has 0 saturated carbocycles. The van der Waals surface area contributed by atoms with Gasteiger partial charge in [0.05, 0.1) is 11.7 Å². The smallest absolute Gasteiger partial charge is 0.163 e. The number of hydrogen-bond acceptors (Lipinski definition) is 5. The fourth-order valence-corrected chi connectivity index (χ4v) is 3.84. The molecule has 2 aromatic carbocycles. The number of nitrogens with zero attached hydrogens (tertiary/aromatic N) is 1. The van der Waals surface area contributed by atoms with Crippen molar-refractivity contribution in [2.75, 3.05) is 26.3 Å². The van der Waals surface area contributed by atoms with Gasteiger partial charge in [-0.05, 0) is 49.4 Å². The molecule has 2 unspecified atom stereocenters. The molecule has 0 aliphatic carbocycles. The molecular weight excluding hydrogens is 378 g/mol. The number of aliphatic hydroxyl groups excluding tert-OH is 1. The fourth-order valence-electron chi connectivity index (χ4n) is 3.84. The van der Waals surface area contributed by atoms with E-state index in [1.54, 1.807) is 12.1 Å². The molecule has 1 saturated heterocycles. The van der Waals surface area contributed by atoms with Crippen LogP contribution in [0.5, 0.6) is 5.75 Å². The second-order valence-corrected chi connectivity index (χ2v) is 8.02. The Kier molecular flexibility index (Phi) is 8.43. The van der Waals surface area contributed by atoms with Crippen molar-refractivity contribution in [2.45, 2.75) is 51.9 Å². The molecule has 2 aromatic rings. The minimum absolute atomic E-state index is 0.0457. The van der Waals surface area contributed by atoms with Gasteiger partial charge in [-0.25, -0.2) is 0 Å². The predicted molar refractivity (Wildman–Crippen MR) is 118 cm³/mol. The van der Waals surface area contributed by atoms with Gasteiger partial charge in [0.2, 0.25) is 0 Å². The van der Waals surface area contributed by atoms with E-state index in [4.69, 9.17) is 9.47 Å². The van der Waals surface area contributed by atoms with Crippen molar-refractivity contribution in [1.82, 2.24) is 4.90 Å². The largest absolute Gasteiger partial charge is 0.490 e. The molecule has 5 heteroatoms. The molecule has 1 aliphatic heterocycles. The number of para-hydroxylation sites is 1. The van der Waals surface area contributed by atoms with E-state index in [2.05, 4.69) is 36.1 Å². The van der Waals surface area contributed by atoms with Gasteiger partial charge in [-0.2, -0.15) is 0 Å². The van der Waals surface area contributed by atoms with Crippen LogP contribution >= 0.6 is 0 Å². The summed E-state index contributed by atoms with van der Waals surface area (Å²) in [6, 6.07) is 15.8. The first-order valence-corrected chi connectivity index (χ1v) is 10.9. The highest BCUT2D eigenvalue weighted by molar-refractivity contribution is 5.96. The number of carbonyl (C=O) groups is 1. The Morgan fingerprint density at radius 1 is 1.20 bits per heavy atom. The van der Waals surface area contributed by atoms with Crippen molar-refractivity contribution in [3.8, 4) is 5.75 Å². The lowest BCUT2D eigenvalue weighted by molar-refractivity contribution is 0.0312. The minimum Gasteiger partial charge on any atom is -0.490 e. The molecule has 1 fully saturated rings. The van der Waals surface area contributed by atoms with Crippen LogP contribution in [0.3, 0.4) is 0 Å². The normalized spacial score (nSPS) is 17.3. The van der Waals surface area contributed by atoms with Crippen LogP contribution < -0.4 is 4.74 Å². The van der Waals surface area contributed by atoms with Crippen LogP contribution in [0.2, 0.25) is 0 Å². The van der Waals surface area contributed by atoms with E-state index < -0.39 is 6.10 Å². The van der Waals surface area contributed by atoms with E-state index >= 15 is 0 Å². The quantitative estimate of drug-likeness (QED) is 0.569. The molecule has 1 heterocycles. The molecule has 1 N–H and O–H groups in total. The highest BCUT2D eigenvalue weighted by Crippen LogP contribution is 2.19. The van der Waals surface area contributed by atoms with Crippen molar-refractivity contribution in [1.29, 1.82) is 0 Å². The van der Waals surface area contributed by atoms with E-state index in [9.17, 15) is 9.90 Å². The molecule has 0 spiro atoms. The van der Waals surface area contributed by atoms with Crippen LogP contribution in [-0.2, 0) is 17.7 Å². The summed E-state index contributed by atoms with van der Waals surface area (Å²) >= 11 is 0. The zero-order valence-corrected chi connectivity index (χ0v) is 18.0. The Morgan fingerprint density at radius 3 is 2.60 bits per heavy atom. The second kappa shape index (κ2) is 11.3.